The molecule has 100 valence electrons. The monoisotopic (exact) mass is 252 g/mol. The summed E-state index contributed by atoms with van der Waals surface area (Å²) in [6, 6.07) is 6.32. The van der Waals surface area contributed by atoms with E-state index < -0.39 is 0 Å². The van der Waals surface area contributed by atoms with Gasteiger partial charge in [0, 0.05) is 19.5 Å². The minimum atomic E-state index is -0.274. The molecule has 0 aromatic heterocycles. The van der Waals surface area contributed by atoms with Crippen LogP contribution in [0.5, 0.6) is 0 Å². The maximum Gasteiger partial charge on any atom is 0.225 e. The summed E-state index contributed by atoms with van der Waals surface area (Å²) < 4.78 is 13.0. The summed E-state index contributed by atoms with van der Waals surface area (Å²) in [5.74, 6) is -0.232. The predicted octanol–water partition coefficient (Wildman–Crippen LogP) is 2.16. The Hall–Kier alpha value is -1.42. The van der Waals surface area contributed by atoms with Crippen molar-refractivity contribution in [1.29, 1.82) is 0 Å². The highest BCUT2D eigenvalue weighted by atomic mass is 19.1. The van der Waals surface area contributed by atoms with Gasteiger partial charge >= 0.3 is 0 Å². The zero-order valence-electron chi connectivity index (χ0n) is 11.0. The van der Waals surface area contributed by atoms with Gasteiger partial charge in [-0.2, -0.15) is 0 Å². The molecule has 0 saturated carbocycles. The summed E-state index contributed by atoms with van der Waals surface area (Å²) in [6.45, 7) is 2.94. The van der Waals surface area contributed by atoms with Crippen molar-refractivity contribution in [2.75, 3.05) is 13.6 Å². The lowest BCUT2D eigenvalue weighted by molar-refractivity contribution is -0.134. The lowest BCUT2D eigenvalue weighted by Crippen LogP contribution is -2.31. The molecule has 0 aliphatic rings. The standard InChI is InChI=1S/C14H21FN2O/c1-11(5-4-8-16)14(18)17(2)10-12-6-3-7-13(15)9-12/h3,6-7,9,11H,4-5,8,10,16H2,1-2H3. The zero-order valence-corrected chi connectivity index (χ0v) is 11.0. The van der Waals surface area contributed by atoms with Crippen LogP contribution in [-0.2, 0) is 11.3 Å². The third-order valence-electron chi connectivity index (χ3n) is 2.95. The molecule has 1 aromatic rings. The van der Waals surface area contributed by atoms with E-state index in [1.807, 2.05) is 13.0 Å². The summed E-state index contributed by atoms with van der Waals surface area (Å²) >= 11 is 0. The van der Waals surface area contributed by atoms with E-state index in [4.69, 9.17) is 5.73 Å². The van der Waals surface area contributed by atoms with Gasteiger partial charge in [0.25, 0.3) is 0 Å². The largest absolute Gasteiger partial charge is 0.341 e. The fraction of sp³-hybridized carbons (Fsp3) is 0.500. The Morgan fingerprint density at radius 3 is 2.83 bits per heavy atom. The first-order valence-electron chi connectivity index (χ1n) is 6.24. The highest BCUT2D eigenvalue weighted by Gasteiger charge is 2.17. The van der Waals surface area contributed by atoms with Crippen LogP contribution in [0.4, 0.5) is 4.39 Å². The van der Waals surface area contributed by atoms with Gasteiger partial charge in [0.2, 0.25) is 5.91 Å². The summed E-state index contributed by atoms with van der Waals surface area (Å²) in [7, 11) is 1.74. The van der Waals surface area contributed by atoms with E-state index in [0.717, 1.165) is 18.4 Å². The minimum Gasteiger partial charge on any atom is -0.341 e. The van der Waals surface area contributed by atoms with Crippen LogP contribution in [0.25, 0.3) is 0 Å². The number of hydrogen-bond donors (Lipinski definition) is 1. The van der Waals surface area contributed by atoms with Crippen molar-refractivity contribution >= 4 is 5.91 Å². The Balaban J connectivity index is 2.54. The Bertz CT molecular complexity index is 395. The number of benzene rings is 1. The molecule has 1 amide bonds. The normalized spacial score (nSPS) is 12.2. The molecule has 1 unspecified atom stereocenters. The number of carbonyl (C=O) groups excluding carboxylic acids is 1. The average Bonchev–Trinajstić information content (AvgIpc) is 2.35. The number of amides is 1. The average molecular weight is 252 g/mol. The summed E-state index contributed by atoms with van der Waals surface area (Å²) in [6.07, 6.45) is 1.64. The SMILES string of the molecule is CC(CCCN)C(=O)N(C)Cc1cccc(F)c1. The number of halogens is 1. The van der Waals surface area contributed by atoms with E-state index in [2.05, 4.69) is 0 Å². The van der Waals surface area contributed by atoms with Crippen molar-refractivity contribution in [2.45, 2.75) is 26.3 Å². The quantitative estimate of drug-likeness (QED) is 0.843. The number of rotatable bonds is 6. The molecule has 1 aromatic carbocycles. The number of nitrogens with zero attached hydrogens (tertiary/aromatic N) is 1. The smallest absolute Gasteiger partial charge is 0.225 e. The molecule has 0 spiro atoms. The second-order valence-electron chi connectivity index (χ2n) is 4.66. The van der Waals surface area contributed by atoms with Crippen LogP contribution >= 0.6 is 0 Å². The van der Waals surface area contributed by atoms with Gasteiger partial charge in [-0.05, 0) is 37.1 Å². The Kier molecular flexibility index (Phi) is 5.78. The first kappa shape index (κ1) is 14.6. The van der Waals surface area contributed by atoms with Gasteiger partial charge in [0.1, 0.15) is 5.82 Å². The van der Waals surface area contributed by atoms with Crippen LogP contribution in [0.1, 0.15) is 25.3 Å². The molecular formula is C14H21FN2O. The Morgan fingerprint density at radius 2 is 2.22 bits per heavy atom. The first-order valence-corrected chi connectivity index (χ1v) is 6.24. The van der Waals surface area contributed by atoms with Gasteiger partial charge in [-0.3, -0.25) is 4.79 Å². The molecule has 4 heteroatoms. The number of hydrogen-bond acceptors (Lipinski definition) is 2. The van der Waals surface area contributed by atoms with Crippen LogP contribution in [0.15, 0.2) is 24.3 Å². The van der Waals surface area contributed by atoms with Crippen LogP contribution in [0, 0.1) is 11.7 Å². The molecule has 1 atom stereocenters. The summed E-state index contributed by atoms with van der Waals surface area (Å²) in [5.41, 5.74) is 6.23. The maximum absolute atomic E-state index is 13.0. The molecule has 1 rings (SSSR count). The van der Waals surface area contributed by atoms with Crippen molar-refractivity contribution in [2.24, 2.45) is 11.7 Å². The zero-order chi connectivity index (χ0) is 13.5. The molecule has 0 bridgehead atoms. The molecular weight excluding hydrogens is 231 g/mol. The van der Waals surface area contributed by atoms with Crippen molar-refractivity contribution in [1.82, 2.24) is 4.90 Å². The fourth-order valence-corrected chi connectivity index (χ4v) is 1.91. The maximum atomic E-state index is 13.0. The van der Waals surface area contributed by atoms with Gasteiger partial charge in [-0.15, -0.1) is 0 Å². The third kappa shape index (κ3) is 4.45. The highest BCUT2D eigenvalue weighted by molar-refractivity contribution is 5.78. The number of nitrogens with two attached hydrogens (primary N) is 1. The van der Waals surface area contributed by atoms with E-state index in [0.29, 0.717) is 13.1 Å². The van der Waals surface area contributed by atoms with Gasteiger partial charge in [0.05, 0.1) is 0 Å². The van der Waals surface area contributed by atoms with Crippen LogP contribution in [0.3, 0.4) is 0 Å². The third-order valence-corrected chi connectivity index (χ3v) is 2.95. The van der Waals surface area contributed by atoms with Gasteiger partial charge in [0.15, 0.2) is 0 Å². The molecule has 2 N–H and O–H groups in total. The van der Waals surface area contributed by atoms with Crippen LogP contribution in [0.2, 0.25) is 0 Å². The van der Waals surface area contributed by atoms with E-state index in [-0.39, 0.29) is 17.6 Å². The lowest BCUT2D eigenvalue weighted by atomic mass is 10.0. The topological polar surface area (TPSA) is 46.3 Å². The van der Waals surface area contributed by atoms with Crippen molar-refractivity contribution in [3.05, 3.63) is 35.6 Å². The fourth-order valence-electron chi connectivity index (χ4n) is 1.91. The van der Waals surface area contributed by atoms with Crippen molar-refractivity contribution in [3.63, 3.8) is 0 Å². The van der Waals surface area contributed by atoms with Gasteiger partial charge in [-0.25, -0.2) is 4.39 Å². The van der Waals surface area contributed by atoms with E-state index in [1.54, 1.807) is 18.0 Å². The minimum absolute atomic E-state index is 0.0351. The molecule has 0 fully saturated rings. The van der Waals surface area contributed by atoms with E-state index in [9.17, 15) is 9.18 Å². The lowest BCUT2D eigenvalue weighted by Gasteiger charge is -2.21. The Morgan fingerprint density at radius 1 is 1.50 bits per heavy atom. The molecule has 0 radical (unpaired) electrons. The second kappa shape index (κ2) is 7.11. The molecule has 3 nitrogen and oxygen atoms in total. The highest BCUT2D eigenvalue weighted by Crippen LogP contribution is 2.12. The van der Waals surface area contributed by atoms with Crippen LogP contribution in [-0.4, -0.2) is 24.4 Å². The Labute approximate surface area is 108 Å². The first-order chi connectivity index (χ1) is 8.54. The van der Waals surface area contributed by atoms with Crippen molar-refractivity contribution < 1.29 is 9.18 Å². The molecule has 0 aliphatic carbocycles. The predicted molar refractivity (Wildman–Crippen MR) is 70.3 cm³/mol. The van der Waals surface area contributed by atoms with E-state index in [1.165, 1.54) is 12.1 Å². The summed E-state index contributed by atoms with van der Waals surface area (Å²) in [4.78, 5) is 13.7. The molecule has 0 saturated heterocycles. The summed E-state index contributed by atoms with van der Waals surface area (Å²) in [5, 5.41) is 0. The van der Waals surface area contributed by atoms with Crippen LogP contribution < -0.4 is 5.73 Å². The number of carbonyl (C=O) groups is 1. The van der Waals surface area contributed by atoms with Gasteiger partial charge in [-0.1, -0.05) is 19.1 Å². The van der Waals surface area contributed by atoms with Gasteiger partial charge < -0.3 is 10.6 Å². The van der Waals surface area contributed by atoms with E-state index >= 15 is 0 Å². The second-order valence-corrected chi connectivity index (χ2v) is 4.66. The molecule has 0 aliphatic heterocycles. The molecule has 18 heavy (non-hydrogen) atoms. The van der Waals surface area contributed by atoms with Crippen molar-refractivity contribution in [3.8, 4) is 0 Å². The molecule has 0 heterocycles.